The fourth-order valence-electron chi connectivity index (χ4n) is 3.42. The molecule has 1 heterocycles. The summed E-state index contributed by atoms with van der Waals surface area (Å²) in [6.45, 7) is 2.28. The van der Waals surface area contributed by atoms with Crippen LogP contribution in [0.15, 0.2) is 36.5 Å². The summed E-state index contributed by atoms with van der Waals surface area (Å²) in [5.41, 5.74) is 8.92. The van der Waals surface area contributed by atoms with Crippen molar-refractivity contribution in [1.29, 1.82) is 0 Å². The molecule has 2 nitrogen and oxygen atoms in total. The van der Waals surface area contributed by atoms with Crippen molar-refractivity contribution in [3.63, 3.8) is 0 Å². The Labute approximate surface area is 115 Å². The zero-order chi connectivity index (χ0) is 13.3. The van der Waals surface area contributed by atoms with E-state index in [2.05, 4.69) is 36.2 Å². The third-order valence-electron chi connectivity index (χ3n) is 4.64. The molecule has 2 N–H and O–H groups in total. The Hall–Kier alpha value is -1.41. The van der Waals surface area contributed by atoms with Crippen LogP contribution in [-0.4, -0.2) is 4.98 Å². The van der Waals surface area contributed by atoms with Gasteiger partial charge in [0.05, 0.1) is 5.52 Å². The molecule has 0 amide bonds. The first-order chi connectivity index (χ1) is 9.21. The Morgan fingerprint density at radius 1 is 1.37 bits per heavy atom. The lowest BCUT2D eigenvalue weighted by Gasteiger charge is -2.38. The van der Waals surface area contributed by atoms with Crippen LogP contribution in [-0.2, 0) is 5.54 Å². The largest absolute Gasteiger partial charge is 0.321 e. The van der Waals surface area contributed by atoms with Crippen LogP contribution in [0.25, 0.3) is 10.9 Å². The average molecular weight is 254 g/mol. The van der Waals surface area contributed by atoms with E-state index in [0.717, 1.165) is 24.3 Å². The molecule has 100 valence electrons. The summed E-state index contributed by atoms with van der Waals surface area (Å²) in [7, 11) is 0. The molecule has 1 aliphatic carbocycles. The predicted molar refractivity (Wildman–Crippen MR) is 79.9 cm³/mol. The van der Waals surface area contributed by atoms with Crippen LogP contribution in [0.5, 0.6) is 0 Å². The topological polar surface area (TPSA) is 38.9 Å². The number of pyridine rings is 1. The Balaban J connectivity index is 1.98. The maximum absolute atomic E-state index is 6.72. The molecule has 1 aliphatic rings. The predicted octanol–water partition coefficient (Wildman–Crippen LogP) is 3.99. The van der Waals surface area contributed by atoms with Crippen LogP contribution < -0.4 is 5.73 Å². The molecule has 1 aromatic heterocycles. The molecule has 0 radical (unpaired) electrons. The van der Waals surface area contributed by atoms with Crippen molar-refractivity contribution in [3.05, 3.63) is 42.1 Å². The van der Waals surface area contributed by atoms with Gasteiger partial charge in [-0.1, -0.05) is 38.3 Å². The van der Waals surface area contributed by atoms with Crippen molar-refractivity contribution >= 4 is 10.9 Å². The zero-order valence-corrected chi connectivity index (χ0v) is 11.6. The Morgan fingerprint density at radius 2 is 2.26 bits per heavy atom. The number of aromatic nitrogens is 1. The van der Waals surface area contributed by atoms with E-state index in [4.69, 9.17) is 5.73 Å². The monoisotopic (exact) mass is 254 g/mol. The van der Waals surface area contributed by atoms with Gasteiger partial charge in [0.1, 0.15) is 0 Å². The van der Waals surface area contributed by atoms with Gasteiger partial charge in [-0.3, -0.25) is 4.98 Å². The number of benzene rings is 1. The van der Waals surface area contributed by atoms with Crippen LogP contribution in [0, 0.1) is 5.92 Å². The number of nitrogens with two attached hydrogens (primary N) is 1. The van der Waals surface area contributed by atoms with Gasteiger partial charge in [-0.2, -0.15) is 0 Å². The standard InChI is InChI=1S/C17H22N2/c1-2-13-5-3-9-17(18,12-13)15-7-8-16-14(11-15)6-4-10-19-16/h4,6-8,10-11,13H,2-3,5,9,12,18H2,1H3. The molecule has 2 heteroatoms. The van der Waals surface area contributed by atoms with Crippen molar-refractivity contribution in [1.82, 2.24) is 4.98 Å². The highest BCUT2D eigenvalue weighted by atomic mass is 14.8. The van der Waals surface area contributed by atoms with Crippen LogP contribution >= 0.6 is 0 Å². The van der Waals surface area contributed by atoms with Crippen molar-refractivity contribution in [3.8, 4) is 0 Å². The van der Waals surface area contributed by atoms with E-state index < -0.39 is 0 Å². The van der Waals surface area contributed by atoms with Crippen molar-refractivity contribution in [2.75, 3.05) is 0 Å². The first-order valence-electron chi connectivity index (χ1n) is 7.35. The number of hydrogen-bond acceptors (Lipinski definition) is 2. The molecule has 2 atom stereocenters. The third kappa shape index (κ3) is 2.37. The van der Waals surface area contributed by atoms with Crippen LogP contribution in [0.1, 0.15) is 44.6 Å². The highest BCUT2D eigenvalue weighted by Gasteiger charge is 2.33. The lowest BCUT2D eigenvalue weighted by Crippen LogP contribution is -2.41. The minimum Gasteiger partial charge on any atom is -0.321 e. The molecule has 0 spiro atoms. The summed E-state index contributed by atoms with van der Waals surface area (Å²) in [5.74, 6) is 0.781. The maximum Gasteiger partial charge on any atom is 0.0702 e. The molecule has 0 saturated heterocycles. The lowest BCUT2D eigenvalue weighted by molar-refractivity contribution is 0.221. The normalized spacial score (nSPS) is 27.6. The molecular weight excluding hydrogens is 232 g/mol. The Morgan fingerprint density at radius 3 is 3.11 bits per heavy atom. The molecule has 19 heavy (non-hydrogen) atoms. The second-order valence-corrected chi connectivity index (χ2v) is 5.94. The number of rotatable bonds is 2. The van der Waals surface area contributed by atoms with E-state index in [1.165, 1.54) is 30.2 Å². The number of nitrogens with zero attached hydrogens (tertiary/aromatic N) is 1. The summed E-state index contributed by atoms with van der Waals surface area (Å²) in [6, 6.07) is 10.6. The SMILES string of the molecule is CCC1CCCC(N)(c2ccc3ncccc3c2)C1. The lowest BCUT2D eigenvalue weighted by atomic mass is 9.72. The summed E-state index contributed by atoms with van der Waals surface area (Å²) in [5, 5.41) is 1.20. The number of fused-ring (bicyclic) bond motifs is 1. The van der Waals surface area contributed by atoms with Crippen molar-refractivity contribution < 1.29 is 0 Å². The van der Waals surface area contributed by atoms with Crippen LogP contribution in [0.4, 0.5) is 0 Å². The maximum atomic E-state index is 6.72. The molecule has 1 aromatic carbocycles. The van der Waals surface area contributed by atoms with Gasteiger partial charge in [-0.15, -0.1) is 0 Å². The minimum atomic E-state index is -0.136. The van der Waals surface area contributed by atoms with E-state index >= 15 is 0 Å². The molecule has 1 saturated carbocycles. The summed E-state index contributed by atoms with van der Waals surface area (Å²) in [4.78, 5) is 4.38. The van der Waals surface area contributed by atoms with Gasteiger partial charge in [-0.05, 0) is 42.5 Å². The highest BCUT2D eigenvalue weighted by Crippen LogP contribution is 2.39. The van der Waals surface area contributed by atoms with Crippen molar-refractivity contribution in [2.45, 2.75) is 44.6 Å². The van der Waals surface area contributed by atoms with Gasteiger partial charge >= 0.3 is 0 Å². The molecule has 3 rings (SSSR count). The fourth-order valence-corrected chi connectivity index (χ4v) is 3.42. The van der Waals surface area contributed by atoms with E-state index in [0.29, 0.717) is 0 Å². The van der Waals surface area contributed by atoms with Gasteiger partial charge < -0.3 is 5.73 Å². The summed E-state index contributed by atoms with van der Waals surface area (Å²) >= 11 is 0. The van der Waals surface area contributed by atoms with Gasteiger partial charge in [-0.25, -0.2) is 0 Å². The number of hydrogen-bond donors (Lipinski definition) is 1. The first-order valence-corrected chi connectivity index (χ1v) is 7.35. The Bertz CT molecular complexity index is 578. The minimum absolute atomic E-state index is 0.136. The fraction of sp³-hybridized carbons (Fsp3) is 0.471. The quantitative estimate of drug-likeness (QED) is 0.880. The van der Waals surface area contributed by atoms with E-state index in [1.54, 1.807) is 0 Å². The van der Waals surface area contributed by atoms with Gasteiger partial charge in [0.15, 0.2) is 0 Å². The molecular formula is C17H22N2. The second-order valence-electron chi connectivity index (χ2n) is 5.94. The van der Waals surface area contributed by atoms with E-state index in [1.807, 2.05) is 12.3 Å². The average Bonchev–Trinajstić information content (AvgIpc) is 2.46. The van der Waals surface area contributed by atoms with Gasteiger partial charge in [0.2, 0.25) is 0 Å². The third-order valence-corrected chi connectivity index (χ3v) is 4.64. The first kappa shape index (κ1) is 12.6. The Kier molecular flexibility index (Phi) is 3.28. The molecule has 2 aromatic rings. The molecule has 1 fully saturated rings. The zero-order valence-electron chi connectivity index (χ0n) is 11.6. The van der Waals surface area contributed by atoms with Crippen LogP contribution in [0.3, 0.4) is 0 Å². The molecule has 0 bridgehead atoms. The van der Waals surface area contributed by atoms with Gasteiger partial charge in [0, 0.05) is 17.1 Å². The molecule has 2 unspecified atom stereocenters. The molecule has 0 aliphatic heterocycles. The second kappa shape index (κ2) is 4.93. The smallest absolute Gasteiger partial charge is 0.0702 e. The highest BCUT2D eigenvalue weighted by molar-refractivity contribution is 5.79. The summed E-state index contributed by atoms with van der Waals surface area (Å²) in [6.07, 6.45) is 7.90. The van der Waals surface area contributed by atoms with Crippen LogP contribution in [0.2, 0.25) is 0 Å². The van der Waals surface area contributed by atoms with E-state index in [-0.39, 0.29) is 5.54 Å². The van der Waals surface area contributed by atoms with Crippen molar-refractivity contribution in [2.24, 2.45) is 11.7 Å². The summed E-state index contributed by atoms with van der Waals surface area (Å²) < 4.78 is 0. The van der Waals surface area contributed by atoms with E-state index in [9.17, 15) is 0 Å². The van der Waals surface area contributed by atoms with Gasteiger partial charge in [0.25, 0.3) is 0 Å².